The number of rotatable bonds is 6. The fourth-order valence-corrected chi connectivity index (χ4v) is 3.16. The maximum absolute atomic E-state index is 12.9. The van der Waals surface area contributed by atoms with E-state index in [1.165, 1.54) is 43.1 Å². The second kappa shape index (κ2) is 9.47. The monoisotopic (exact) mass is 429 g/mol. The van der Waals surface area contributed by atoms with Gasteiger partial charge in [0.1, 0.15) is 11.7 Å². The number of pyridine rings is 1. The number of carbonyl (C=O) groups is 3. The van der Waals surface area contributed by atoms with Crippen LogP contribution >= 0.6 is 0 Å². The van der Waals surface area contributed by atoms with Gasteiger partial charge in [0.05, 0.1) is 6.20 Å². The van der Waals surface area contributed by atoms with Crippen LogP contribution in [0.25, 0.3) is 10.9 Å². The van der Waals surface area contributed by atoms with Gasteiger partial charge in [-0.2, -0.15) is 0 Å². The van der Waals surface area contributed by atoms with Crippen molar-refractivity contribution in [2.24, 2.45) is 0 Å². The molecule has 0 saturated heterocycles. The van der Waals surface area contributed by atoms with E-state index in [2.05, 4.69) is 36.1 Å². The van der Waals surface area contributed by atoms with Crippen LogP contribution in [0, 0.1) is 0 Å². The van der Waals surface area contributed by atoms with Gasteiger partial charge in [-0.3, -0.25) is 35.2 Å². The van der Waals surface area contributed by atoms with Gasteiger partial charge in [-0.1, -0.05) is 18.2 Å². The van der Waals surface area contributed by atoms with Gasteiger partial charge in [0.25, 0.3) is 17.7 Å². The summed E-state index contributed by atoms with van der Waals surface area (Å²) < 4.78 is 0. The van der Waals surface area contributed by atoms with Crippen molar-refractivity contribution in [2.75, 3.05) is 0 Å². The zero-order valence-electron chi connectivity index (χ0n) is 16.8. The van der Waals surface area contributed by atoms with Crippen LogP contribution in [0.5, 0.6) is 0 Å². The number of para-hydroxylation sites is 1. The smallest absolute Gasteiger partial charge is 0.272 e. The van der Waals surface area contributed by atoms with Gasteiger partial charge in [-0.15, -0.1) is 0 Å². The van der Waals surface area contributed by atoms with Crippen molar-refractivity contribution >= 4 is 28.6 Å². The number of nitrogens with zero attached hydrogens (tertiary/aromatic N) is 3. The van der Waals surface area contributed by atoms with Crippen molar-refractivity contribution < 1.29 is 14.4 Å². The SMILES string of the molecule is O=C(NNC(=O)C(Cc1c[nH]c2ccccc12)NC(=O)c1cnccn1)c1ccncc1. The van der Waals surface area contributed by atoms with E-state index < -0.39 is 23.8 Å². The first-order valence-corrected chi connectivity index (χ1v) is 9.74. The molecular weight excluding hydrogens is 410 g/mol. The van der Waals surface area contributed by atoms with Crippen LogP contribution in [0.2, 0.25) is 0 Å². The summed E-state index contributed by atoms with van der Waals surface area (Å²) in [5.74, 6) is -1.65. The highest BCUT2D eigenvalue weighted by molar-refractivity contribution is 5.98. The molecule has 0 aliphatic heterocycles. The summed E-state index contributed by atoms with van der Waals surface area (Å²) in [6.07, 6.45) is 9.05. The molecule has 1 aromatic carbocycles. The second-order valence-electron chi connectivity index (χ2n) is 6.86. The molecule has 1 atom stereocenters. The number of H-pyrrole nitrogens is 1. The van der Waals surface area contributed by atoms with Crippen LogP contribution in [0.3, 0.4) is 0 Å². The quantitative estimate of drug-likeness (QED) is 0.339. The Hall–Kier alpha value is -4.60. The molecule has 3 amide bonds. The number of aromatic amines is 1. The average Bonchev–Trinajstić information content (AvgIpc) is 3.25. The number of amides is 3. The molecule has 4 rings (SSSR count). The lowest BCUT2D eigenvalue weighted by molar-refractivity contribution is -0.123. The van der Waals surface area contributed by atoms with Gasteiger partial charge in [0.15, 0.2) is 0 Å². The third kappa shape index (κ3) is 4.75. The van der Waals surface area contributed by atoms with E-state index in [0.29, 0.717) is 5.56 Å². The topological polar surface area (TPSA) is 142 Å². The van der Waals surface area contributed by atoms with E-state index in [1.807, 2.05) is 24.3 Å². The maximum atomic E-state index is 12.9. The minimum Gasteiger partial charge on any atom is -0.361 e. The summed E-state index contributed by atoms with van der Waals surface area (Å²) in [4.78, 5) is 52.6. The Labute approximate surface area is 182 Å². The molecule has 3 aromatic heterocycles. The molecule has 0 spiro atoms. The summed E-state index contributed by atoms with van der Waals surface area (Å²) >= 11 is 0. The van der Waals surface area contributed by atoms with Gasteiger partial charge in [0, 0.05) is 53.9 Å². The molecule has 4 N–H and O–H groups in total. The van der Waals surface area contributed by atoms with Crippen LogP contribution in [0.4, 0.5) is 0 Å². The lowest BCUT2D eigenvalue weighted by atomic mass is 10.0. The van der Waals surface area contributed by atoms with Crippen molar-refractivity contribution in [3.8, 4) is 0 Å². The molecule has 0 saturated carbocycles. The van der Waals surface area contributed by atoms with E-state index >= 15 is 0 Å². The molecule has 0 aliphatic rings. The number of benzene rings is 1. The Morgan fingerprint density at radius 1 is 0.906 bits per heavy atom. The van der Waals surface area contributed by atoms with Gasteiger partial charge < -0.3 is 10.3 Å². The lowest BCUT2D eigenvalue weighted by Gasteiger charge is -2.18. The minimum absolute atomic E-state index is 0.0741. The average molecular weight is 429 g/mol. The van der Waals surface area contributed by atoms with E-state index in [1.54, 1.807) is 6.20 Å². The predicted molar refractivity (Wildman–Crippen MR) is 115 cm³/mol. The summed E-state index contributed by atoms with van der Waals surface area (Å²) in [6.45, 7) is 0. The number of nitrogens with one attached hydrogen (secondary N) is 4. The van der Waals surface area contributed by atoms with Crippen LogP contribution < -0.4 is 16.2 Å². The first-order chi connectivity index (χ1) is 15.6. The number of aromatic nitrogens is 4. The Balaban J connectivity index is 1.51. The van der Waals surface area contributed by atoms with Crippen LogP contribution in [0.1, 0.15) is 26.4 Å². The molecule has 0 bridgehead atoms. The highest BCUT2D eigenvalue weighted by atomic mass is 16.2. The summed E-state index contributed by atoms with van der Waals surface area (Å²) in [5.41, 5.74) is 6.88. The fourth-order valence-electron chi connectivity index (χ4n) is 3.16. The molecule has 0 aliphatic carbocycles. The number of carbonyl (C=O) groups excluding carboxylic acids is 3. The highest BCUT2D eigenvalue weighted by Gasteiger charge is 2.24. The Morgan fingerprint density at radius 3 is 2.50 bits per heavy atom. The van der Waals surface area contributed by atoms with Crippen LogP contribution in [-0.4, -0.2) is 43.7 Å². The standard InChI is InChI=1S/C22H19N7O3/c30-20(14-5-7-23-8-6-14)28-29-22(32)18(27-21(31)19-13-24-9-10-25-19)11-15-12-26-17-4-2-1-3-16(15)17/h1-10,12-13,18,26H,11H2,(H,27,31)(H,28,30)(H,29,32). The van der Waals surface area contributed by atoms with Crippen molar-refractivity contribution in [1.29, 1.82) is 0 Å². The minimum atomic E-state index is -0.985. The van der Waals surface area contributed by atoms with Gasteiger partial charge >= 0.3 is 0 Å². The van der Waals surface area contributed by atoms with Crippen molar-refractivity contribution in [3.63, 3.8) is 0 Å². The van der Waals surface area contributed by atoms with Crippen molar-refractivity contribution in [1.82, 2.24) is 36.1 Å². The van der Waals surface area contributed by atoms with Crippen LogP contribution in [-0.2, 0) is 11.2 Å². The van der Waals surface area contributed by atoms with Crippen LogP contribution in [0.15, 0.2) is 73.6 Å². The molecule has 10 heteroatoms. The third-order valence-corrected chi connectivity index (χ3v) is 4.76. The third-order valence-electron chi connectivity index (χ3n) is 4.76. The summed E-state index contributed by atoms with van der Waals surface area (Å²) in [5, 5.41) is 3.60. The van der Waals surface area contributed by atoms with Crippen molar-refractivity contribution in [3.05, 3.63) is 90.4 Å². The molecule has 4 aromatic rings. The molecule has 0 radical (unpaired) electrons. The molecule has 3 heterocycles. The zero-order chi connectivity index (χ0) is 22.3. The molecule has 0 fully saturated rings. The number of fused-ring (bicyclic) bond motifs is 1. The Bertz CT molecular complexity index is 1240. The normalized spacial score (nSPS) is 11.5. The zero-order valence-corrected chi connectivity index (χ0v) is 16.8. The Morgan fingerprint density at radius 2 is 1.72 bits per heavy atom. The molecule has 10 nitrogen and oxygen atoms in total. The Kier molecular flexibility index (Phi) is 6.12. The molecule has 1 unspecified atom stereocenters. The molecule has 160 valence electrons. The second-order valence-corrected chi connectivity index (χ2v) is 6.86. The first-order valence-electron chi connectivity index (χ1n) is 9.74. The van der Waals surface area contributed by atoms with Gasteiger partial charge in [0.2, 0.25) is 0 Å². The van der Waals surface area contributed by atoms with E-state index in [-0.39, 0.29) is 12.1 Å². The molecular formula is C22H19N7O3. The lowest BCUT2D eigenvalue weighted by Crippen LogP contribution is -2.53. The van der Waals surface area contributed by atoms with E-state index in [4.69, 9.17) is 0 Å². The van der Waals surface area contributed by atoms with Gasteiger partial charge in [-0.25, -0.2) is 4.98 Å². The van der Waals surface area contributed by atoms with E-state index in [0.717, 1.165) is 16.5 Å². The number of hydrazine groups is 1. The first kappa shape index (κ1) is 20.7. The fraction of sp³-hybridized carbons (Fsp3) is 0.0909. The largest absolute Gasteiger partial charge is 0.361 e. The van der Waals surface area contributed by atoms with Gasteiger partial charge in [-0.05, 0) is 23.8 Å². The molecule has 32 heavy (non-hydrogen) atoms. The highest BCUT2D eigenvalue weighted by Crippen LogP contribution is 2.19. The van der Waals surface area contributed by atoms with Crippen molar-refractivity contribution in [2.45, 2.75) is 12.5 Å². The predicted octanol–water partition coefficient (Wildman–Crippen LogP) is 1.16. The summed E-state index contributed by atoms with van der Waals surface area (Å²) in [7, 11) is 0. The summed E-state index contributed by atoms with van der Waals surface area (Å²) in [6, 6.07) is 9.68. The van der Waals surface area contributed by atoms with E-state index in [9.17, 15) is 14.4 Å². The number of hydrogen-bond acceptors (Lipinski definition) is 6. The maximum Gasteiger partial charge on any atom is 0.272 e. The number of hydrogen-bond donors (Lipinski definition) is 4.